The van der Waals surface area contributed by atoms with Crippen LogP contribution in [0.5, 0.6) is 34.5 Å². The van der Waals surface area contributed by atoms with E-state index < -0.39 is 0 Å². The number of hydrogen-bond acceptors (Lipinski definition) is 6. The predicted octanol–water partition coefficient (Wildman–Crippen LogP) is 7.76. The van der Waals surface area contributed by atoms with Crippen LogP contribution >= 0.6 is 0 Å². The Morgan fingerprint density at radius 2 is 0.595 bits per heavy atom. The van der Waals surface area contributed by atoms with Crippen molar-refractivity contribution in [3.63, 3.8) is 0 Å². The minimum absolute atomic E-state index is 0.387. The lowest BCUT2D eigenvalue weighted by Gasteiger charge is -2.14. The first-order valence-electron chi connectivity index (χ1n) is 14.0. The van der Waals surface area contributed by atoms with Gasteiger partial charge in [-0.05, 0) is 59.7 Å². The van der Waals surface area contributed by atoms with Crippen molar-refractivity contribution >= 4 is 0 Å². The highest BCUT2D eigenvalue weighted by Gasteiger charge is 2.07. The lowest BCUT2D eigenvalue weighted by molar-refractivity contribution is 0.202. The van der Waals surface area contributed by atoms with Crippen LogP contribution in [-0.4, -0.2) is 26.4 Å². The maximum atomic E-state index is 5.96. The Labute approximate surface area is 247 Å². The first-order chi connectivity index (χ1) is 20.8. The molecule has 0 N–H and O–H groups in total. The summed E-state index contributed by atoms with van der Waals surface area (Å²) < 4.78 is 35.4. The Kier molecular flexibility index (Phi) is 10.6. The van der Waals surface area contributed by atoms with E-state index in [2.05, 4.69) is 0 Å². The SMILES string of the molecule is c1ccc(COc2ccccc2OCCOc2ccc(OCCOc3ccccc3OCc3ccccc3)cc2)cc1. The number of hydrogen-bond donors (Lipinski definition) is 0. The third-order valence-corrected chi connectivity index (χ3v) is 6.22. The van der Waals surface area contributed by atoms with Gasteiger partial charge in [-0.2, -0.15) is 0 Å². The van der Waals surface area contributed by atoms with Gasteiger partial charge >= 0.3 is 0 Å². The normalized spacial score (nSPS) is 10.5. The van der Waals surface area contributed by atoms with Crippen molar-refractivity contribution in [2.24, 2.45) is 0 Å². The molecule has 0 amide bonds. The van der Waals surface area contributed by atoms with Crippen LogP contribution in [0.25, 0.3) is 0 Å². The third-order valence-electron chi connectivity index (χ3n) is 6.22. The van der Waals surface area contributed by atoms with Crippen molar-refractivity contribution in [1.29, 1.82) is 0 Å². The Hall–Kier alpha value is -5.10. The van der Waals surface area contributed by atoms with E-state index in [4.69, 9.17) is 28.4 Å². The van der Waals surface area contributed by atoms with Crippen LogP contribution in [0.2, 0.25) is 0 Å². The van der Waals surface area contributed by atoms with Crippen LogP contribution in [0.4, 0.5) is 0 Å². The molecule has 0 aromatic heterocycles. The van der Waals surface area contributed by atoms with Crippen LogP contribution in [-0.2, 0) is 13.2 Å². The van der Waals surface area contributed by atoms with Crippen molar-refractivity contribution in [3.05, 3.63) is 145 Å². The zero-order chi connectivity index (χ0) is 28.7. The minimum atomic E-state index is 0.387. The largest absolute Gasteiger partial charge is 0.490 e. The van der Waals surface area contributed by atoms with E-state index in [0.29, 0.717) is 62.6 Å². The molecule has 214 valence electrons. The van der Waals surface area contributed by atoms with Gasteiger partial charge in [0.25, 0.3) is 0 Å². The van der Waals surface area contributed by atoms with Gasteiger partial charge in [-0.3, -0.25) is 0 Å². The number of rotatable bonds is 16. The molecule has 0 heterocycles. The number of ether oxygens (including phenoxy) is 6. The molecule has 5 aromatic carbocycles. The van der Waals surface area contributed by atoms with E-state index in [1.807, 2.05) is 133 Å². The van der Waals surface area contributed by atoms with Gasteiger partial charge in [0.05, 0.1) is 0 Å². The molecule has 0 aliphatic heterocycles. The molecule has 0 aliphatic carbocycles. The molecule has 0 bridgehead atoms. The molecule has 0 radical (unpaired) electrons. The van der Waals surface area contributed by atoms with Crippen molar-refractivity contribution in [1.82, 2.24) is 0 Å². The zero-order valence-corrected chi connectivity index (χ0v) is 23.4. The second-order valence-corrected chi connectivity index (χ2v) is 9.31. The Bertz CT molecular complexity index is 1360. The Morgan fingerprint density at radius 3 is 0.976 bits per heavy atom. The first-order valence-corrected chi connectivity index (χ1v) is 14.0. The summed E-state index contributed by atoms with van der Waals surface area (Å²) in [5.74, 6) is 4.26. The summed E-state index contributed by atoms with van der Waals surface area (Å²) in [6.07, 6.45) is 0. The Balaban J connectivity index is 0.999. The molecule has 0 aliphatic rings. The van der Waals surface area contributed by atoms with Crippen LogP contribution in [0.15, 0.2) is 133 Å². The van der Waals surface area contributed by atoms with Gasteiger partial charge in [-0.1, -0.05) is 84.9 Å². The standard InChI is InChI=1S/C36H34O6/c1-3-11-29(12-4-1)27-41-35-17-9-7-15-33(35)39-25-23-37-31-19-21-32(22-20-31)38-24-26-40-34-16-8-10-18-36(34)42-28-30-13-5-2-6-14-30/h1-22H,23-28H2. The lowest BCUT2D eigenvalue weighted by atomic mass is 10.2. The van der Waals surface area contributed by atoms with Crippen molar-refractivity contribution in [2.75, 3.05) is 26.4 Å². The summed E-state index contributed by atoms with van der Waals surface area (Å²) in [6, 6.07) is 42.9. The highest BCUT2D eigenvalue weighted by atomic mass is 16.5. The number of para-hydroxylation sites is 4. The topological polar surface area (TPSA) is 55.4 Å². The highest BCUT2D eigenvalue weighted by Crippen LogP contribution is 2.28. The lowest BCUT2D eigenvalue weighted by Crippen LogP contribution is -2.10. The molecule has 6 heteroatoms. The summed E-state index contributed by atoms with van der Waals surface area (Å²) in [5.41, 5.74) is 2.20. The van der Waals surface area contributed by atoms with Crippen molar-refractivity contribution in [2.45, 2.75) is 13.2 Å². The zero-order valence-electron chi connectivity index (χ0n) is 23.4. The first kappa shape index (κ1) is 28.4. The van der Waals surface area contributed by atoms with Crippen molar-refractivity contribution in [3.8, 4) is 34.5 Å². The molecule has 5 aromatic rings. The third kappa shape index (κ3) is 8.96. The molecule has 5 rings (SSSR count). The predicted molar refractivity (Wildman–Crippen MR) is 163 cm³/mol. The van der Waals surface area contributed by atoms with E-state index in [1.165, 1.54) is 0 Å². The van der Waals surface area contributed by atoms with Gasteiger partial charge in [-0.15, -0.1) is 0 Å². The second-order valence-electron chi connectivity index (χ2n) is 9.31. The fourth-order valence-electron chi connectivity index (χ4n) is 4.10. The molecule has 0 saturated carbocycles. The molecule has 6 nitrogen and oxygen atoms in total. The summed E-state index contributed by atoms with van der Waals surface area (Å²) in [4.78, 5) is 0. The monoisotopic (exact) mass is 562 g/mol. The van der Waals surface area contributed by atoms with Crippen LogP contribution in [0.3, 0.4) is 0 Å². The van der Waals surface area contributed by atoms with E-state index in [1.54, 1.807) is 0 Å². The molecule has 42 heavy (non-hydrogen) atoms. The molecular formula is C36H34O6. The maximum Gasteiger partial charge on any atom is 0.161 e. The summed E-state index contributed by atoms with van der Waals surface area (Å²) >= 11 is 0. The van der Waals surface area contributed by atoms with Gasteiger partial charge in [0.15, 0.2) is 23.0 Å². The quantitative estimate of drug-likeness (QED) is 0.115. The highest BCUT2D eigenvalue weighted by molar-refractivity contribution is 5.40. The van der Waals surface area contributed by atoms with Gasteiger partial charge < -0.3 is 28.4 Å². The van der Waals surface area contributed by atoms with Gasteiger partial charge in [0.2, 0.25) is 0 Å². The summed E-state index contributed by atoms with van der Waals surface area (Å²) in [5, 5.41) is 0. The molecule has 0 atom stereocenters. The fraction of sp³-hybridized carbons (Fsp3) is 0.167. The average molecular weight is 563 g/mol. The van der Waals surface area contributed by atoms with Crippen LogP contribution < -0.4 is 28.4 Å². The second kappa shape index (κ2) is 15.6. The smallest absolute Gasteiger partial charge is 0.161 e. The summed E-state index contributed by atoms with van der Waals surface area (Å²) in [7, 11) is 0. The summed E-state index contributed by atoms with van der Waals surface area (Å²) in [6.45, 7) is 2.53. The van der Waals surface area contributed by atoms with Gasteiger partial charge in [0.1, 0.15) is 51.1 Å². The number of benzene rings is 5. The van der Waals surface area contributed by atoms with Crippen LogP contribution in [0, 0.1) is 0 Å². The van der Waals surface area contributed by atoms with E-state index >= 15 is 0 Å². The van der Waals surface area contributed by atoms with E-state index in [9.17, 15) is 0 Å². The maximum absolute atomic E-state index is 5.96. The van der Waals surface area contributed by atoms with Crippen molar-refractivity contribution < 1.29 is 28.4 Å². The molecule has 0 unspecified atom stereocenters. The Morgan fingerprint density at radius 1 is 0.286 bits per heavy atom. The van der Waals surface area contributed by atoms with Gasteiger partial charge in [-0.25, -0.2) is 0 Å². The minimum Gasteiger partial charge on any atom is -0.490 e. The molecule has 0 spiro atoms. The van der Waals surface area contributed by atoms with E-state index in [-0.39, 0.29) is 0 Å². The fourth-order valence-corrected chi connectivity index (χ4v) is 4.10. The molecule has 0 saturated heterocycles. The molecule has 0 fully saturated rings. The van der Waals surface area contributed by atoms with Crippen LogP contribution in [0.1, 0.15) is 11.1 Å². The van der Waals surface area contributed by atoms with E-state index in [0.717, 1.165) is 22.6 Å². The van der Waals surface area contributed by atoms with Gasteiger partial charge in [0, 0.05) is 0 Å². The average Bonchev–Trinajstić information content (AvgIpc) is 3.05. The molecular weight excluding hydrogens is 528 g/mol.